The first kappa shape index (κ1) is 16.4. The van der Waals surface area contributed by atoms with Crippen LogP contribution in [0.1, 0.15) is 39.5 Å². The Morgan fingerprint density at radius 1 is 1.29 bits per heavy atom. The van der Waals surface area contributed by atoms with Crippen molar-refractivity contribution in [2.24, 2.45) is 0 Å². The third kappa shape index (κ3) is 10.3. The van der Waals surface area contributed by atoms with Crippen molar-refractivity contribution in [1.82, 2.24) is 10.2 Å². The molecule has 4 nitrogen and oxygen atoms in total. The van der Waals surface area contributed by atoms with Gasteiger partial charge in [0.15, 0.2) is 0 Å². The first-order chi connectivity index (χ1) is 8.07. The Labute approximate surface area is 106 Å². The Hall–Kier alpha value is -0.610. The molecule has 0 fully saturated rings. The molecule has 0 rings (SSSR count). The lowest BCUT2D eigenvalue weighted by Gasteiger charge is -2.19. The van der Waals surface area contributed by atoms with Gasteiger partial charge in [-0.25, -0.2) is 0 Å². The average Bonchev–Trinajstić information content (AvgIpc) is 2.27. The maximum atomic E-state index is 11.1. The number of likely N-dealkylation sites (N-methyl/N-ethyl adjacent to an activating group) is 1. The summed E-state index contributed by atoms with van der Waals surface area (Å²) in [4.78, 5) is 13.3. The molecule has 0 aromatic rings. The van der Waals surface area contributed by atoms with Crippen molar-refractivity contribution in [3.05, 3.63) is 0 Å². The summed E-state index contributed by atoms with van der Waals surface area (Å²) in [5.41, 5.74) is 0. The quantitative estimate of drug-likeness (QED) is 0.469. The molecule has 0 aromatic carbocycles. The van der Waals surface area contributed by atoms with Crippen LogP contribution < -0.4 is 5.32 Å². The molecule has 0 aliphatic carbocycles. The minimum atomic E-state index is -0.0679. The summed E-state index contributed by atoms with van der Waals surface area (Å²) < 4.78 is 4.87. The van der Waals surface area contributed by atoms with Gasteiger partial charge in [0.2, 0.25) is 0 Å². The zero-order valence-corrected chi connectivity index (χ0v) is 11.8. The van der Waals surface area contributed by atoms with E-state index in [2.05, 4.69) is 31.2 Å². The Morgan fingerprint density at radius 3 is 2.59 bits per heavy atom. The van der Waals surface area contributed by atoms with E-state index < -0.39 is 0 Å². The highest BCUT2D eigenvalue weighted by atomic mass is 16.5. The number of nitrogens with zero attached hydrogens (tertiary/aromatic N) is 1. The SMILES string of the molecule is CCOC(=O)CCCCCNCC(C)N(C)C. The second-order valence-electron chi connectivity index (χ2n) is 4.63. The third-order valence-electron chi connectivity index (χ3n) is 2.86. The average molecular weight is 244 g/mol. The fourth-order valence-electron chi connectivity index (χ4n) is 1.42. The van der Waals surface area contributed by atoms with Crippen molar-refractivity contribution in [1.29, 1.82) is 0 Å². The van der Waals surface area contributed by atoms with E-state index >= 15 is 0 Å². The molecule has 0 spiro atoms. The van der Waals surface area contributed by atoms with E-state index in [4.69, 9.17) is 4.74 Å². The molecule has 0 amide bonds. The van der Waals surface area contributed by atoms with Gasteiger partial charge in [-0.2, -0.15) is 0 Å². The second kappa shape index (κ2) is 10.5. The number of rotatable bonds is 10. The zero-order chi connectivity index (χ0) is 13.1. The molecule has 0 aromatic heterocycles. The number of nitrogens with one attached hydrogen (secondary N) is 1. The van der Waals surface area contributed by atoms with E-state index in [1.165, 1.54) is 0 Å². The van der Waals surface area contributed by atoms with Crippen molar-refractivity contribution < 1.29 is 9.53 Å². The van der Waals surface area contributed by atoms with Gasteiger partial charge in [0.05, 0.1) is 6.61 Å². The van der Waals surface area contributed by atoms with Gasteiger partial charge in [-0.1, -0.05) is 6.42 Å². The number of hydrogen-bond donors (Lipinski definition) is 1. The van der Waals surface area contributed by atoms with Gasteiger partial charge in [-0.05, 0) is 47.3 Å². The van der Waals surface area contributed by atoms with Gasteiger partial charge in [-0.15, -0.1) is 0 Å². The first-order valence-corrected chi connectivity index (χ1v) is 6.60. The van der Waals surface area contributed by atoms with Crippen LogP contribution in [0.5, 0.6) is 0 Å². The summed E-state index contributed by atoms with van der Waals surface area (Å²) in [7, 11) is 4.18. The number of esters is 1. The first-order valence-electron chi connectivity index (χ1n) is 6.60. The fourth-order valence-corrected chi connectivity index (χ4v) is 1.42. The maximum Gasteiger partial charge on any atom is 0.305 e. The number of hydrogen-bond acceptors (Lipinski definition) is 4. The summed E-state index contributed by atoms with van der Waals surface area (Å²) in [6, 6.07) is 0.564. The van der Waals surface area contributed by atoms with Gasteiger partial charge in [0.1, 0.15) is 0 Å². The van der Waals surface area contributed by atoms with Crippen molar-refractivity contribution in [2.75, 3.05) is 33.8 Å². The Kier molecular flexibility index (Phi) is 10.2. The normalized spacial score (nSPS) is 12.8. The van der Waals surface area contributed by atoms with Gasteiger partial charge in [-0.3, -0.25) is 4.79 Å². The molecule has 0 bridgehead atoms. The molecule has 102 valence electrons. The third-order valence-corrected chi connectivity index (χ3v) is 2.86. The Bertz CT molecular complexity index is 196. The van der Waals surface area contributed by atoms with Gasteiger partial charge in [0.25, 0.3) is 0 Å². The molecule has 17 heavy (non-hydrogen) atoms. The van der Waals surface area contributed by atoms with Crippen LogP contribution in [0.4, 0.5) is 0 Å². The fraction of sp³-hybridized carbons (Fsp3) is 0.923. The molecule has 0 saturated carbocycles. The smallest absolute Gasteiger partial charge is 0.305 e. The minimum absolute atomic E-state index is 0.0679. The highest BCUT2D eigenvalue weighted by molar-refractivity contribution is 5.69. The predicted octanol–water partition coefficient (Wildman–Crippen LogP) is 1.65. The van der Waals surface area contributed by atoms with Crippen LogP contribution in [0, 0.1) is 0 Å². The number of unbranched alkanes of at least 4 members (excludes halogenated alkanes) is 2. The van der Waals surface area contributed by atoms with Crippen molar-refractivity contribution >= 4 is 5.97 Å². The van der Waals surface area contributed by atoms with Gasteiger partial charge in [0, 0.05) is 19.0 Å². The zero-order valence-electron chi connectivity index (χ0n) is 11.8. The van der Waals surface area contributed by atoms with Crippen LogP contribution in [-0.4, -0.2) is 50.7 Å². The summed E-state index contributed by atoms with van der Waals surface area (Å²) in [5.74, 6) is -0.0679. The minimum Gasteiger partial charge on any atom is -0.466 e. The lowest BCUT2D eigenvalue weighted by molar-refractivity contribution is -0.143. The van der Waals surface area contributed by atoms with E-state index in [1.54, 1.807) is 0 Å². The largest absolute Gasteiger partial charge is 0.466 e. The molecular weight excluding hydrogens is 216 g/mol. The van der Waals surface area contributed by atoms with Crippen LogP contribution in [-0.2, 0) is 9.53 Å². The monoisotopic (exact) mass is 244 g/mol. The topological polar surface area (TPSA) is 41.6 Å². The van der Waals surface area contributed by atoms with Crippen molar-refractivity contribution in [2.45, 2.75) is 45.6 Å². The van der Waals surface area contributed by atoms with Crippen LogP contribution >= 0.6 is 0 Å². The van der Waals surface area contributed by atoms with E-state index in [9.17, 15) is 4.79 Å². The van der Waals surface area contributed by atoms with Crippen molar-refractivity contribution in [3.63, 3.8) is 0 Å². The van der Waals surface area contributed by atoms with Crippen LogP contribution in [0.25, 0.3) is 0 Å². The van der Waals surface area contributed by atoms with E-state index in [0.717, 1.165) is 32.4 Å². The summed E-state index contributed by atoms with van der Waals surface area (Å²) in [5, 5.41) is 3.42. The number of carbonyl (C=O) groups is 1. The maximum absolute atomic E-state index is 11.1. The number of ether oxygens (including phenoxy) is 1. The Balaban J connectivity index is 3.21. The van der Waals surface area contributed by atoms with E-state index in [-0.39, 0.29) is 5.97 Å². The predicted molar refractivity (Wildman–Crippen MR) is 71.1 cm³/mol. The Morgan fingerprint density at radius 2 is 2.00 bits per heavy atom. The molecule has 1 N–H and O–H groups in total. The molecule has 1 unspecified atom stereocenters. The van der Waals surface area contributed by atoms with Crippen LogP contribution in [0.15, 0.2) is 0 Å². The molecule has 0 saturated heterocycles. The molecule has 0 radical (unpaired) electrons. The summed E-state index contributed by atoms with van der Waals surface area (Å²) >= 11 is 0. The van der Waals surface area contributed by atoms with E-state index in [0.29, 0.717) is 19.1 Å². The van der Waals surface area contributed by atoms with Crippen LogP contribution in [0.2, 0.25) is 0 Å². The van der Waals surface area contributed by atoms with Gasteiger partial charge >= 0.3 is 5.97 Å². The molecule has 1 atom stereocenters. The summed E-state index contributed by atoms with van der Waals surface area (Å²) in [6.45, 7) is 6.58. The highest BCUT2D eigenvalue weighted by Crippen LogP contribution is 2.00. The lowest BCUT2D eigenvalue weighted by Crippen LogP contribution is -2.35. The molecule has 0 aliphatic heterocycles. The van der Waals surface area contributed by atoms with Crippen LogP contribution in [0.3, 0.4) is 0 Å². The van der Waals surface area contributed by atoms with E-state index in [1.807, 2.05) is 6.92 Å². The number of carbonyl (C=O) groups excluding carboxylic acids is 1. The van der Waals surface area contributed by atoms with Crippen molar-refractivity contribution in [3.8, 4) is 0 Å². The second-order valence-corrected chi connectivity index (χ2v) is 4.63. The molecule has 0 heterocycles. The lowest BCUT2D eigenvalue weighted by atomic mass is 10.2. The molecule has 4 heteroatoms. The summed E-state index contributed by atoms with van der Waals surface area (Å²) in [6.07, 6.45) is 3.70. The molecular formula is C13H28N2O2. The standard InChI is InChI=1S/C13H28N2O2/c1-5-17-13(16)9-7-6-8-10-14-11-12(2)15(3)4/h12,14H,5-11H2,1-4H3. The highest BCUT2D eigenvalue weighted by Gasteiger charge is 2.03. The molecule has 0 aliphatic rings. The van der Waals surface area contributed by atoms with Gasteiger partial charge < -0.3 is 15.0 Å².